The Morgan fingerprint density at radius 1 is 1.11 bits per heavy atom. The van der Waals surface area contributed by atoms with Gasteiger partial charge in [-0.1, -0.05) is 12.8 Å². The van der Waals surface area contributed by atoms with Crippen LogP contribution >= 0.6 is 0 Å². The lowest BCUT2D eigenvalue weighted by Crippen LogP contribution is -2.45. The number of hydrogen-bond donors (Lipinski definition) is 1. The topological polar surface area (TPSA) is 63.9 Å². The van der Waals surface area contributed by atoms with Gasteiger partial charge < -0.3 is 24.1 Å². The molecular weight excluding hydrogens is 356 g/mol. The van der Waals surface area contributed by atoms with Gasteiger partial charge in [0.05, 0.1) is 7.11 Å². The molecule has 2 unspecified atom stereocenters. The van der Waals surface area contributed by atoms with Crippen LogP contribution in [-0.2, 0) is 6.61 Å². The van der Waals surface area contributed by atoms with Crippen molar-refractivity contribution in [1.82, 2.24) is 10.2 Å². The molecule has 1 saturated carbocycles. The SMILES string of the molecule is COc1ccc(OCc2ccc(C(=O)NC3CCCCC3CN(C)C)o2)cc1. The zero-order chi connectivity index (χ0) is 19.9. The van der Waals surface area contributed by atoms with Gasteiger partial charge in [-0.05, 0) is 69.3 Å². The van der Waals surface area contributed by atoms with E-state index in [4.69, 9.17) is 13.9 Å². The average Bonchev–Trinajstić information content (AvgIpc) is 3.17. The highest BCUT2D eigenvalue weighted by Gasteiger charge is 2.27. The first-order valence-electron chi connectivity index (χ1n) is 9.86. The summed E-state index contributed by atoms with van der Waals surface area (Å²) in [7, 11) is 5.78. The second-order valence-corrected chi connectivity index (χ2v) is 7.62. The molecule has 1 amide bonds. The molecule has 1 aliphatic rings. The predicted molar refractivity (Wildman–Crippen MR) is 108 cm³/mol. The summed E-state index contributed by atoms with van der Waals surface area (Å²) < 4.78 is 16.5. The van der Waals surface area contributed by atoms with Crippen LogP contribution in [0.5, 0.6) is 11.5 Å². The van der Waals surface area contributed by atoms with Crippen LogP contribution in [0, 0.1) is 5.92 Å². The number of methoxy groups -OCH3 is 1. The first-order chi connectivity index (χ1) is 13.5. The fraction of sp³-hybridized carbons (Fsp3) is 0.500. The predicted octanol–water partition coefficient (Wildman–Crippen LogP) is 3.72. The minimum absolute atomic E-state index is 0.147. The van der Waals surface area contributed by atoms with Gasteiger partial charge in [0.25, 0.3) is 5.91 Å². The normalized spacial score (nSPS) is 19.4. The summed E-state index contributed by atoms with van der Waals surface area (Å²) in [6, 6.07) is 11.1. The third-order valence-electron chi connectivity index (χ3n) is 5.15. The molecule has 2 aromatic rings. The summed E-state index contributed by atoms with van der Waals surface area (Å²) in [5, 5.41) is 3.18. The number of furan rings is 1. The molecule has 6 heteroatoms. The minimum atomic E-state index is -0.147. The Balaban J connectivity index is 1.54. The summed E-state index contributed by atoms with van der Waals surface area (Å²) in [6.07, 6.45) is 4.58. The van der Waals surface area contributed by atoms with Crippen LogP contribution in [0.1, 0.15) is 42.0 Å². The van der Waals surface area contributed by atoms with Gasteiger partial charge in [0, 0.05) is 12.6 Å². The first kappa shape index (κ1) is 20.3. The highest BCUT2D eigenvalue weighted by molar-refractivity contribution is 5.91. The van der Waals surface area contributed by atoms with Crippen molar-refractivity contribution in [2.75, 3.05) is 27.7 Å². The van der Waals surface area contributed by atoms with Gasteiger partial charge in [0.2, 0.25) is 0 Å². The van der Waals surface area contributed by atoms with E-state index in [1.54, 1.807) is 19.2 Å². The quantitative estimate of drug-likeness (QED) is 0.749. The lowest BCUT2D eigenvalue weighted by molar-refractivity contribution is 0.0863. The molecular formula is C22H30N2O4. The fourth-order valence-electron chi connectivity index (χ4n) is 3.73. The van der Waals surface area contributed by atoms with Crippen LogP contribution < -0.4 is 14.8 Å². The molecule has 0 aliphatic heterocycles. The van der Waals surface area contributed by atoms with E-state index in [0.29, 0.717) is 17.4 Å². The Morgan fingerprint density at radius 3 is 2.54 bits per heavy atom. The number of ether oxygens (including phenoxy) is 2. The van der Waals surface area contributed by atoms with Crippen LogP contribution in [0.2, 0.25) is 0 Å². The van der Waals surface area contributed by atoms with E-state index in [2.05, 4.69) is 24.3 Å². The number of benzene rings is 1. The molecule has 1 N–H and O–H groups in total. The summed E-state index contributed by atoms with van der Waals surface area (Å²) >= 11 is 0. The first-order valence-corrected chi connectivity index (χ1v) is 9.86. The molecule has 0 radical (unpaired) electrons. The van der Waals surface area contributed by atoms with Crippen molar-refractivity contribution in [1.29, 1.82) is 0 Å². The van der Waals surface area contributed by atoms with Crippen molar-refractivity contribution >= 4 is 5.91 Å². The van der Waals surface area contributed by atoms with Gasteiger partial charge in [0.1, 0.15) is 23.9 Å². The molecule has 2 atom stereocenters. The Labute approximate surface area is 166 Å². The van der Waals surface area contributed by atoms with Crippen LogP contribution in [0.15, 0.2) is 40.8 Å². The lowest BCUT2D eigenvalue weighted by Gasteiger charge is -2.33. The molecule has 3 rings (SSSR count). The van der Waals surface area contributed by atoms with Gasteiger partial charge in [-0.2, -0.15) is 0 Å². The van der Waals surface area contributed by atoms with E-state index in [1.807, 2.05) is 24.3 Å². The lowest BCUT2D eigenvalue weighted by atomic mass is 9.84. The van der Waals surface area contributed by atoms with E-state index >= 15 is 0 Å². The Bertz CT molecular complexity index is 754. The van der Waals surface area contributed by atoms with Crippen molar-refractivity contribution in [3.05, 3.63) is 47.9 Å². The van der Waals surface area contributed by atoms with E-state index in [9.17, 15) is 4.79 Å². The summed E-state index contributed by atoms with van der Waals surface area (Å²) in [5.74, 6) is 2.79. The van der Waals surface area contributed by atoms with Crippen molar-refractivity contribution < 1.29 is 18.7 Å². The molecule has 0 spiro atoms. The molecule has 1 aromatic heterocycles. The highest BCUT2D eigenvalue weighted by Crippen LogP contribution is 2.25. The van der Waals surface area contributed by atoms with Gasteiger partial charge >= 0.3 is 0 Å². The number of rotatable bonds is 8. The standard InChI is InChI=1S/C22H30N2O4/c1-24(2)14-16-6-4-5-7-20(16)23-22(25)21-13-12-19(28-21)15-27-18-10-8-17(26-3)9-11-18/h8-13,16,20H,4-7,14-15H2,1-3H3,(H,23,25). The zero-order valence-electron chi connectivity index (χ0n) is 16.9. The molecule has 1 fully saturated rings. The molecule has 1 heterocycles. The number of carbonyl (C=O) groups is 1. The van der Waals surface area contributed by atoms with Crippen molar-refractivity contribution in [2.45, 2.75) is 38.3 Å². The van der Waals surface area contributed by atoms with Crippen LogP contribution in [-0.4, -0.2) is 44.6 Å². The second kappa shape index (κ2) is 9.64. The van der Waals surface area contributed by atoms with Gasteiger partial charge in [0.15, 0.2) is 5.76 Å². The number of amides is 1. The van der Waals surface area contributed by atoms with Gasteiger partial charge in [-0.25, -0.2) is 0 Å². The molecule has 28 heavy (non-hydrogen) atoms. The third kappa shape index (κ3) is 5.52. The molecule has 1 aromatic carbocycles. The largest absolute Gasteiger partial charge is 0.497 e. The summed E-state index contributed by atoms with van der Waals surface area (Å²) in [5.41, 5.74) is 0. The molecule has 1 aliphatic carbocycles. The number of nitrogens with one attached hydrogen (secondary N) is 1. The van der Waals surface area contributed by atoms with E-state index in [-0.39, 0.29) is 18.6 Å². The van der Waals surface area contributed by atoms with E-state index in [1.165, 1.54) is 6.42 Å². The maximum Gasteiger partial charge on any atom is 0.287 e. The molecule has 152 valence electrons. The summed E-state index contributed by atoms with van der Waals surface area (Å²) in [6.45, 7) is 1.26. The number of hydrogen-bond acceptors (Lipinski definition) is 5. The fourth-order valence-corrected chi connectivity index (χ4v) is 3.73. The monoisotopic (exact) mass is 386 g/mol. The van der Waals surface area contributed by atoms with Crippen LogP contribution in [0.3, 0.4) is 0 Å². The van der Waals surface area contributed by atoms with Crippen molar-refractivity contribution in [3.8, 4) is 11.5 Å². The molecule has 6 nitrogen and oxygen atoms in total. The Kier molecular flexibility index (Phi) is 6.98. The number of nitrogens with zero attached hydrogens (tertiary/aromatic N) is 1. The Morgan fingerprint density at radius 2 is 1.82 bits per heavy atom. The summed E-state index contributed by atoms with van der Waals surface area (Å²) in [4.78, 5) is 14.8. The minimum Gasteiger partial charge on any atom is -0.497 e. The van der Waals surface area contributed by atoms with Gasteiger partial charge in [-0.3, -0.25) is 4.79 Å². The highest BCUT2D eigenvalue weighted by atomic mass is 16.5. The smallest absolute Gasteiger partial charge is 0.287 e. The van der Waals surface area contributed by atoms with Crippen molar-refractivity contribution in [3.63, 3.8) is 0 Å². The third-order valence-corrected chi connectivity index (χ3v) is 5.15. The van der Waals surface area contributed by atoms with E-state index in [0.717, 1.165) is 37.3 Å². The van der Waals surface area contributed by atoms with Crippen molar-refractivity contribution in [2.24, 2.45) is 5.92 Å². The maximum absolute atomic E-state index is 12.6. The van der Waals surface area contributed by atoms with E-state index < -0.39 is 0 Å². The Hall–Kier alpha value is -2.47. The van der Waals surface area contributed by atoms with Crippen LogP contribution in [0.25, 0.3) is 0 Å². The van der Waals surface area contributed by atoms with Crippen LogP contribution in [0.4, 0.5) is 0 Å². The average molecular weight is 386 g/mol. The molecule has 0 bridgehead atoms. The number of carbonyl (C=O) groups excluding carboxylic acids is 1. The maximum atomic E-state index is 12.6. The van der Waals surface area contributed by atoms with Gasteiger partial charge in [-0.15, -0.1) is 0 Å². The molecule has 0 saturated heterocycles. The zero-order valence-corrected chi connectivity index (χ0v) is 16.9. The second-order valence-electron chi connectivity index (χ2n) is 7.62.